The van der Waals surface area contributed by atoms with E-state index in [4.69, 9.17) is 5.11 Å². The highest BCUT2D eigenvalue weighted by atomic mass is 28.3. The molecule has 0 fully saturated rings. The SMILES string of the molecule is C[Si](C)(/C=C/CO)c1ccccn1. The summed E-state index contributed by atoms with van der Waals surface area (Å²) in [6, 6.07) is 5.97. The van der Waals surface area contributed by atoms with Crippen LogP contribution in [0.15, 0.2) is 36.2 Å². The van der Waals surface area contributed by atoms with Gasteiger partial charge in [0.2, 0.25) is 0 Å². The minimum atomic E-state index is -1.55. The largest absolute Gasteiger partial charge is 0.392 e. The van der Waals surface area contributed by atoms with E-state index in [9.17, 15) is 0 Å². The molecule has 2 nitrogen and oxygen atoms in total. The Labute approximate surface area is 80.0 Å². The van der Waals surface area contributed by atoms with Crippen LogP contribution in [-0.2, 0) is 0 Å². The Hall–Kier alpha value is -0.933. The average molecular weight is 193 g/mol. The number of aliphatic hydroxyl groups is 1. The molecule has 0 unspecified atom stereocenters. The van der Waals surface area contributed by atoms with Crippen molar-refractivity contribution in [3.05, 3.63) is 36.2 Å². The van der Waals surface area contributed by atoms with Crippen LogP contribution in [0.4, 0.5) is 0 Å². The van der Waals surface area contributed by atoms with Crippen LogP contribution < -0.4 is 5.32 Å². The first-order chi connectivity index (χ1) is 6.17. The molecule has 1 aromatic heterocycles. The van der Waals surface area contributed by atoms with Crippen LogP contribution in [0.3, 0.4) is 0 Å². The van der Waals surface area contributed by atoms with Crippen LogP contribution in [-0.4, -0.2) is 24.8 Å². The van der Waals surface area contributed by atoms with Gasteiger partial charge in [0.15, 0.2) is 0 Å². The molecule has 70 valence electrons. The minimum absolute atomic E-state index is 0.114. The Bertz CT molecular complexity index is 282. The third-order valence-electron chi connectivity index (χ3n) is 1.96. The summed E-state index contributed by atoms with van der Waals surface area (Å²) in [5, 5.41) is 9.84. The van der Waals surface area contributed by atoms with Crippen LogP contribution in [0.2, 0.25) is 13.1 Å². The van der Waals surface area contributed by atoms with Crippen molar-refractivity contribution in [1.82, 2.24) is 4.98 Å². The molecule has 1 heterocycles. The van der Waals surface area contributed by atoms with Crippen LogP contribution in [0, 0.1) is 0 Å². The quantitative estimate of drug-likeness (QED) is 0.729. The third-order valence-corrected chi connectivity index (χ3v) is 4.65. The monoisotopic (exact) mass is 193 g/mol. The third kappa shape index (κ3) is 2.79. The Morgan fingerprint density at radius 1 is 1.46 bits per heavy atom. The second-order valence-corrected chi connectivity index (χ2v) is 7.81. The van der Waals surface area contributed by atoms with E-state index in [0.717, 1.165) is 5.32 Å². The zero-order valence-corrected chi connectivity index (χ0v) is 9.07. The van der Waals surface area contributed by atoms with Gasteiger partial charge in [-0.2, -0.15) is 0 Å². The molecule has 1 N–H and O–H groups in total. The van der Waals surface area contributed by atoms with Crippen molar-refractivity contribution in [1.29, 1.82) is 0 Å². The summed E-state index contributed by atoms with van der Waals surface area (Å²) in [4.78, 5) is 4.33. The molecular formula is C10H15NOSi. The molecule has 0 bridgehead atoms. The van der Waals surface area contributed by atoms with E-state index in [1.165, 1.54) is 0 Å². The summed E-state index contributed by atoms with van der Waals surface area (Å²) in [6.45, 7) is 4.53. The van der Waals surface area contributed by atoms with Gasteiger partial charge in [0.1, 0.15) is 8.07 Å². The fourth-order valence-corrected chi connectivity index (χ4v) is 2.98. The molecule has 1 rings (SSSR count). The Morgan fingerprint density at radius 3 is 2.77 bits per heavy atom. The van der Waals surface area contributed by atoms with E-state index >= 15 is 0 Å². The number of aromatic nitrogens is 1. The molecule has 0 aliphatic carbocycles. The van der Waals surface area contributed by atoms with Crippen molar-refractivity contribution in [3.8, 4) is 0 Å². The van der Waals surface area contributed by atoms with Gasteiger partial charge in [0.05, 0.1) is 6.61 Å². The summed E-state index contributed by atoms with van der Waals surface area (Å²) < 4.78 is 0. The highest BCUT2D eigenvalue weighted by Gasteiger charge is 2.20. The Balaban J connectivity index is 2.87. The van der Waals surface area contributed by atoms with Gasteiger partial charge >= 0.3 is 0 Å². The predicted octanol–water partition coefficient (Wildman–Crippen LogP) is 1.08. The second kappa shape index (κ2) is 4.34. The molecule has 13 heavy (non-hydrogen) atoms. The number of hydrogen-bond acceptors (Lipinski definition) is 2. The molecule has 0 saturated heterocycles. The molecular weight excluding hydrogens is 178 g/mol. The number of nitrogens with zero attached hydrogens (tertiary/aromatic N) is 1. The highest BCUT2D eigenvalue weighted by Crippen LogP contribution is 2.02. The summed E-state index contributed by atoms with van der Waals surface area (Å²) >= 11 is 0. The Morgan fingerprint density at radius 2 is 2.23 bits per heavy atom. The first-order valence-corrected chi connectivity index (χ1v) is 7.44. The van der Waals surface area contributed by atoms with Gasteiger partial charge in [0.25, 0.3) is 0 Å². The summed E-state index contributed by atoms with van der Waals surface area (Å²) in [5.41, 5.74) is 2.11. The molecule has 0 amide bonds. The zero-order chi connectivity index (χ0) is 9.73. The van der Waals surface area contributed by atoms with Crippen LogP contribution in [0.1, 0.15) is 0 Å². The van der Waals surface area contributed by atoms with Crippen molar-refractivity contribution >= 4 is 13.4 Å². The molecule has 0 radical (unpaired) electrons. The van der Waals surface area contributed by atoms with Crippen LogP contribution >= 0.6 is 0 Å². The van der Waals surface area contributed by atoms with E-state index in [0.29, 0.717) is 0 Å². The van der Waals surface area contributed by atoms with Gasteiger partial charge in [-0.1, -0.05) is 30.9 Å². The summed E-state index contributed by atoms with van der Waals surface area (Å²) in [5.74, 6) is 0. The first kappa shape index (κ1) is 10.1. The standard InChI is InChI=1S/C10H15NOSi/c1-13(2,9-5-8-12)10-6-3-4-7-11-10/h3-7,9,12H,8H2,1-2H3/b9-5+. The lowest BCUT2D eigenvalue weighted by Gasteiger charge is -2.16. The van der Waals surface area contributed by atoms with E-state index in [2.05, 4.69) is 23.8 Å². The first-order valence-electron chi connectivity index (χ1n) is 4.37. The molecule has 1 aromatic rings. The highest BCUT2D eigenvalue weighted by molar-refractivity contribution is 6.93. The summed E-state index contributed by atoms with van der Waals surface area (Å²) in [6.07, 6.45) is 3.62. The summed E-state index contributed by atoms with van der Waals surface area (Å²) in [7, 11) is -1.55. The molecule has 0 aromatic carbocycles. The van der Waals surface area contributed by atoms with Crippen molar-refractivity contribution in [2.75, 3.05) is 6.61 Å². The van der Waals surface area contributed by atoms with Gasteiger partial charge in [-0.05, 0) is 12.1 Å². The van der Waals surface area contributed by atoms with Gasteiger partial charge < -0.3 is 5.11 Å². The van der Waals surface area contributed by atoms with Crippen molar-refractivity contribution in [2.45, 2.75) is 13.1 Å². The van der Waals surface area contributed by atoms with Gasteiger partial charge in [-0.25, -0.2) is 0 Å². The van der Waals surface area contributed by atoms with Gasteiger partial charge in [-0.15, -0.1) is 0 Å². The van der Waals surface area contributed by atoms with E-state index in [1.54, 1.807) is 6.08 Å². The van der Waals surface area contributed by atoms with E-state index in [-0.39, 0.29) is 6.61 Å². The van der Waals surface area contributed by atoms with E-state index in [1.807, 2.05) is 24.4 Å². The van der Waals surface area contributed by atoms with Crippen LogP contribution in [0.5, 0.6) is 0 Å². The van der Waals surface area contributed by atoms with Crippen molar-refractivity contribution < 1.29 is 5.11 Å². The number of hydrogen-bond donors (Lipinski definition) is 1. The lowest BCUT2D eigenvalue weighted by atomic mass is 10.5. The minimum Gasteiger partial charge on any atom is -0.392 e. The lowest BCUT2D eigenvalue weighted by Crippen LogP contribution is -2.41. The van der Waals surface area contributed by atoms with Crippen LogP contribution in [0.25, 0.3) is 0 Å². The average Bonchev–Trinajstić information content (AvgIpc) is 2.16. The van der Waals surface area contributed by atoms with Crippen molar-refractivity contribution in [2.24, 2.45) is 0 Å². The molecule has 0 aliphatic rings. The molecule has 0 spiro atoms. The lowest BCUT2D eigenvalue weighted by molar-refractivity contribution is 0.343. The maximum absolute atomic E-state index is 8.69. The zero-order valence-electron chi connectivity index (χ0n) is 8.07. The molecule has 0 saturated carbocycles. The second-order valence-electron chi connectivity index (χ2n) is 3.52. The van der Waals surface area contributed by atoms with Crippen molar-refractivity contribution in [3.63, 3.8) is 0 Å². The van der Waals surface area contributed by atoms with Gasteiger partial charge in [0, 0.05) is 11.5 Å². The predicted molar refractivity (Wildman–Crippen MR) is 57.6 cm³/mol. The Kier molecular flexibility index (Phi) is 3.39. The molecule has 0 atom stereocenters. The normalized spacial score (nSPS) is 12.2. The number of pyridine rings is 1. The fourth-order valence-electron chi connectivity index (χ4n) is 1.18. The maximum atomic E-state index is 8.69. The van der Waals surface area contributed by atoms with E-state index < -0.39 is 8.07 Å². The molecule has 3 heteroatoms. The number of rotatable bonds is 3. The van der Waals surface area contributed by atoms with Gasteiger partial charge in [-0.3, -0.25) is 4.98 Å². The number of aliphatic hydroxyl groups excluding tert-OH is 1. The topological polar surface area (TPSA) is 33.1 Å². The smallest absolute Gasteiger partial charge is 0.127 e. The molecule has 0 aliphatic heterocycles. The fraction of sp³-hybridized carbons (Fsp3) is 0.300. The maximum Gasteiger partial charge on any atom is 0.127 e.